The van der Waals surface area contributed by atoms with Gasteiger partial charge in [-0.1, -0.05) is 95.5 Å². The molecule has 1 fully saturated rings. The zero-order chi connectivity index (χ0) is 26.6. The molecule has 2 heterocycles. The molecule has 0 N–H and O–H groups in total. The maximum atomic E-state index is 13.9. The summed E-state index contributed by atoms with van der Waals surface area (Å²) in [6.07, 6.45) is 5.12. The molecular formula is C32H38BN2O2. The lowest BCUT2D eigenvalue weighted by Gasteiger charge is -2.27. The van der Waals surface area contributed by atoms with Gasteiger partial charge in [-0.2, -0.15) is 0 Å². The van der Waals surface area contributed by atoms with Crippen molar-refractivity contribution in [2.75, 3.05) is 0 Å². The molecule has 2 aromatic carbocycles. The summed E-state index contributed by atoms with van der Waals surface area (Å²) in [6.45, 7) is 11.2. The maximum absolute atomic E-state index is 13.9. The number of nitrogens with zero attached hydrogens (tertiary/aromatic N) is 2. The lowest BCUT2D eigenvalue weighted by atomic mass is 9.53. The highest BCUT2D eigenvalue weighted by atomic mass is 16.2. The van der Waals surface area contributed by atoms with Crippen LogP contribution in [0.5, 0.6) is 0 Å². The van der Waals surface area contributed by atoms with Gasteiger partial charge in [0.15, 0.2) is 0 Å². The van der Waals surface area contributed by atoms with E-state index in [9.17, 15) is 9.59 Å². The number of amides is 2. The molecule has 37 heavy (non-hydrogen) atoms. The summed E-state index contributed by atoms with van der Waals surface area (Å²) in [6, 6.07) is 22.5. The average Bonchev–Trinajstić information content (AvgIpc) is 3.13. The molecule has 5 heteroatoms. The van der Waals surface area contributed by atoms with E-state index in [0.29, 0.717) is 6.54 Å². The second-order valence-corrected chi connectivity index (χ2v) is 11.3. The molecule has 4 nitrogen and oxygen atoms in total. The molecule has 1 saturated heterocycles. The summed E-state index contributed by atoms with van der Waals surface area (Å²) in [5.74, 6) is -0.757. The number of carbonyl (C=O) groups excluding carboxylic acids is 2. The maximum Gasteiger partial charge on any atom is 0.233 e. The molecule has 1 aliphatic rings. The van der Waals surface area contributed by atoms with E-state index in [1.54, 1.807) is 12.4 Å². The molecule has 2 amide bonds. The second kappa shape index (κ2) is 11.5. The number of carbonyl (C=O) groups is 2. The summed E-state index contributed by atoms with van der Waals surface area (Å²) in [7, 11) is 2.10. The van der Waals surface area contributed by atoms with Crippen LogP contribution in [0.15, 0.2) is 79.1 Å². The fourth-order valence-electron chi connectivity index (χ4n) is 5.47. The normalized spacial score (nSPS) is 19.6. The number of imide groups is 1. The van der Waals surface area contributed by atoms with E-state index >= 15 is 0 Å². The molecule has 191 valence electrons. The molecule has 1 aromatic heterocycles. The van der Waals surface area contributed by atoms with Crippen LogP contribution in [-0.4, -0.2) is 29.0 Å². The summed E-state index contributed by atoms with van der Waals surface area (Å²) in [5, 5.41) is 0. The minimum atomic E-state index is -0.437. The van der Waals surface area contributed by atoms with Crippen LogP contribution in [0.4, 0.5) is 0 Å². The summed E-state index contributed by atoms with van der Waals surface area (Å²) >= 11 is 0. The average molecular weight is 493 g/mol. The van der Waals surface area contributed by atoms with E-state index < -0.39 is 11.7 Å². The van der Waals surface area contributed by atoms with Crippen molar-refractivity contribution in [2.24, 2.45) is 5.92 Å². The van der Waals surface area contributed by atoms with Crippen LogP contribution in [0.1, 0.15) is 75.1 Å². The number of pyridine rings is 1. The van der Waals surface area contributed by atoms with Gasteiger partial charge in [-0.05, 0) is 58.1 Å². The Bertz CT molecular complexity index is 1190. The largest absolute Gasteiger partial charge is 0.278 e. The predicted octanol–water partition coefficient (Wildman–Crippen LogP) is 6.77. The Hall–Kier alpha value is -3.21. The first-order valence-electron chi connectivity index (χ1n) is 13.4. The highest BCUT2D eigenvalue weighted by Gasteiger charge is 2.50. The van der Waals surface area contributed by atoms with Crippen molar-refractivity contribution in [2.45, 2.75) is 77.0 Å². The third kappa shape index (κ3) is 6.03. The fraction of sp³-hybridized carbons (Fsp3) is 0.406. The second-order valence-electron chi connectivity index (χ2n) is 11.3. The third-order valence-electron chi connectivity index (χ3n) is 7.77. The zero-order valence-corrected chi connectivity index (χ0v) is 22.7. The lowest BCUT2D eigenvalue weighted by molar-refractivity contribution is -0.140. The van der Waals surface area contributed by atoms with Crippen LogP contribution in [0.25, 0.3) is 0 Å². The number of likely N-dealkylation sites (tertiary alicyclic amines) is 1. The standard InChI is InChI=1S/C32H38BN2O2/c1-6-27(25-12-14-26(15-13-25)32(3,4)5)28-29(33-20-22(2)24-16-18-34-19-17-24)31(37)35(30(28)36)21-23-10-8-7-9-11-23/h7-19,22,27-29H,6,20-21H2,1-5H3. The monoisotopic (exact) mass is 493 g/mol. The first-order valence-corrected chi connectivity index (χ1v) is 13.4. The van der Waals surface area contributed by atoms with Gasteiger partial charge in [0.2, 0.25) is 11.8 Å². The van der Waals surface area contributed by atoms with Crippen LogP contribution in [0, 0.1) is 5.92 Å². The van der Waals surface area contributed by atoms with Crippen LogP contribution < -0.4 is 0 Å². The Labute approximate surface area is 222 Å². The van der Waals surface area contributed by atoms with Crippen LogP contribution >= 0.6 is 0 Å². The smallest absolute Gasteiger partial charge is 0.233 e. The summed E-state index contributed by atoms with van der Waals surface area (Å²) in [5.41, 5.74) is 4.61. The summed E-state index contributed by atoms with van der Waals surface area (Å²) < 4.78 is 0. The highest BCUT2D eigenvalue weighted by molar-refractivity contribution is 6.47. The van der Waals surface area contributed by atoms with Crippen LogP contribution in [-0.2, 0) is 21.5 Å². The van der Waals surface area contributed by atoms with Crippen molar-refractivity contribution in [3.05, 3.63) is 101 Å². The molecule has 0 aliphatic carbocycles. The SMILES string of the molecule is CCC(c1ccc(C(C)(C)C)cc1)C1C(=O)N(Cc2ccccc2)C(=O)C1[B]CC(C)c1ccncc1. The first kappa shape index (κ1) is 26.8. The molecule has 4 atom stereocenters. The van der Waals surface area contributed by atoms with E-state index in [2.05, 4.69) is 71.1 Å². The molecule has 0 spiro atoms. The fourth-order valence-corrected chi connectivity index (χ4v) is 5.47. The predicted molar refractivity (Wildman–Crippen MR) is 151 cm³/mol. The van der Waals surface area contributed by atoms with Gasteiger partial charge in [-0.15, -0.1) is 0 Å². The van der Waals surface area contributed by atoms with Gasteiger partial charge in [0.05, 0.1) is 6.54 Å². The Morgan fingerprint density at radius 1 is 0.892 bits per heavy atom. The quantitative estimate of drug-likeness (QED) is 0.244. The van der Waals surface area contributed by atoms with Gasteiger partial charge < -0.3 is 0 Å². The van der Waals surface area contributed by atoms with E-state index in [0.717, 1.165) is 23.9 Å². The number of benzene rings is 2. The Morgan fingerprint density at radius 2 is 1.54 bits per heavy atom. The Kier molecular flexibility index (Phi) is 8.31. The van der Waals surface area contributed by atoms with Crippen LogP contribution in [0.3, 0.4) is 0 Å². The van der Waals surface area contributed by atoms with Crippen molar-refractivity contribution < 1.29 is 9.59 Å². The van der Waals surface area contributed by atoms with Gasteiger partial charge in [0.1, 0.15) is 7.28 Å². The van der Waals surface area contributed by atoms with E-state index in [-0.39, 0.29) is 29.1 Å². The molecule has 0 bridgehead atoms. The minimum absolute atomic E-state index is 0.0243. The number of aromatic nitrogens is 1. The number of rotatable bonds is 9. The Morgan fingerprint density at radius 3 is 2.14 bits per heavy atom. The molecule has 1 radical (unpaired) electrons. The van der Waals surface area contributed by atoms with Crippen LogP contribution in [0.2, 0.25) is 12.1 Å². The van der Waals surface area contributed by atoms with Crippen molar-refractivity contribution in [1.29, 1.82) is 0 Å². The van der Waals surface area contributed by atoms with Gasteiger partial charge >= 0.3 is 0 Å². The third-order valence-corrected chi connectivity index (χ3v) is 7.77. The van der Waals surface area contributed by atoms with E-state index in [1.807, 2.05) is 42.5 Å². The van der Waals surface area contributed by atoms with Crippen molar-refractivity contribution in [1.82, 2.24) is 9.88 Å². The molecular weight excluding hydrogens is 455 g/mol. The summed E-state index contributed by atoms with van der Waals surface area (Å²) in [4.78, 5) is 33.3. The van der Waals surface area contributed by atoms with Crippen molar-refractivity contribution in [3.63, 3.8) is 0 Å². The van der Waals surface area contributed by atoms with E-state index in [1.165, 1.54) is 16.0 Å². The number of hydrogen-bond acceptors (Lipinski definition) is 3. The topological polar surface area (TPSA) is 50.3 Å². The van der Waals surface area contributed by atoms with Gasteiger partial charge in [0.25, 0.3) is 0 Å². The van der Waals surface area contributed by atoms with Gasteiger partial charge in [0, 0.05) is 24.1 Å². The zero-order valence-electron chi connectivity index (χ0n) is 22.7. The van der Waals surface area contributed by atoms with Gasteiger partial charge in [-0.3, -0.25) is 19.5 Å². The molecule has 0 saturated carbocycles. The minimum Gasteiger partial charge on any atom is -0.278 e. The van der Waals surface area contributed by atoms with Crippen molar-refractivity contribution in [3.8, 4) is 0 Å². The lowest BCUT2D eigenvalue weighted by Crippen LogP contribution is -2.31. The van der Waals surface area contributed by atoms with Crippen molar-refractivity contribution >= 4 is 19.1 Å². The Balaban J connectivity index is 1.63. The number of hydrogen-bond donors (Lipinski definition) is 0. The first-order chi connectivity index (χ1) is 17.7. The molecule has 4 unspecified atom stereocenters. The van der Waals surface area contributed by atoms with Gasteiger partial charge in [-0.25, -0.2) is 0 Å². The molecule has 4 rings (SSSR count). The van der Waals surface area contributed by atoms with E-state index in [4.69, 9.17) is 0 Å². The highest BCUT2D eigenvalue weighted by Crippen LogP contribution is 2.44. The molecule has 1 aliphatic heterocycles. The molecule has 3 aromatic rings.